The zero-order valence-electron chi connectivity index (χ0n) is 12.4. The predicted octanol–water partition coefficient (Wildman–Crippen LogP) is 2.54. The van der Waals surface area contributed by atoms with Gasteiger partial charge in [-0.15, -0.1) is 0 Å². The minimum absolute atomic E-state index is 0.183. The van der Waals surface area contributed by atoms with Gasteiger partial charge in [0.15, 0.2) is 0 Å². The Morgan fingerprint density at radius 1 is 1.45 bits per heavy atom. The second-order valence-corrected chi connectivity index (χ2v) is 5.55. The van der Waals surface area contributed by atoms with Gasteiger partial charge in [0.25, 0.3) is 0 Å². The molecule has 3 N–H and O–H groups in total. The number of carbonyl (C=O) groups excluding carboxylic acids is 1. The van der Waals surface area contributed by atoms with Crippen molar-refractivity contribution in [3.8, 4) is 0 Å². The molecule has 112 valence electrons. The summed E-state index contributed by atoms with van der Waals surface area (Å²) < 4.78 is 0. The molecule has 0 atom stereocenters. The van der Waals surface area contributed by atoms with Gasteiger partial charge >= 0.3 is 0 Å². The van der Waals surface area contributed by atoms with E-state index in [1.165, 1.54) is 0 Å². The fraction of sp³-hybridized carbons (Fsp3) is 0.533. The Labute approximate surface area is 126 Å². The van der Waals surface area contributed by atoms with Crippen LogP contribution in [0.5, 0.6) is 0 Å². The number of amides is 1. The van der Waals surface area contributed by atoms with E-state index in [1.807, 2.05) is 36.9 Å². The molecular weight excluding hydrogens is 274 g/mol. The summed E-state index contributed by atoms with van der Waals surface area (Å²) in [5.41, 5.74) is 7.28. The lowest BCUT2D eigenvalue weighted by Gasteiger charge is -2.28. The van der Waals surface area contributed by atoms with Crippen molar-refractivity contribution in [3.05, 3.63) is 28.8 Å². The first-order chi connectivity index (χ1) is 9.45. The number of hydrogen-bond donors (Lipinski definition) is 2. The standard InChI is InChI=1S/C15H24ClN3O/c1-4-7-18-9-12-5-6-13(8-14(12)16)19(11(2)3)10-15(17)20/h5-6,8,11,18H,4,7,9-10H2,1-3H3,(H2,17,20). The summed E-state index contributed by atoms with van der Waals surface area (Å²) in [6.45, 7) is 8.09. The smallest absolute Gasteiger partial charge is 0.236 e. The van der Waals surface area contributed by atoms with Gasteiger partial charge in [0.2, 0.25) is 5.91 Å². The van der Waals surface area contributed by atoms with Gasteiger partial charge in [-0.1, -0.05) is 24.6 Å². The number of nitrogens with two attached hydrogens (primary N) is 1. The molecule has 0 saturated heterocycles. The van der Waals surface area contributed by atoms with Gasteiger partial charge in [-0.3, -0.25) is 4.79 Å². The first-order valence-electron chi connectivity index (χ1n) is 6.99. The number of anilines is 1. The third-order valence-corrected chi connectivity index (χ3v) is 3.41. The number of halogens is 1. The van der Waals surface area contributed by atoms with Crippen molar-refractivity contribution in [2.45, 2.75) is 39.8 Å². The van der Waals surface area contributed by atoms with Crippen LogP contribution in [0.3, 0.4) is 0 Å². The highest BCUT2D eigenvalue weighted by molar-refractivity contribution is 6.31. The highest BCUT2D eigenvalue weighted by Gasteiger charge is 2.14. The summed E-state index contributed by atoms with van der Waals surface area (Å²) in [5.74, 6) is -0.344. The molecule has 4 nitrogen and oxygen atoms in total. The average Bonchev–Trinajstić information content (AvgIpc) is 2.37. The zero-order chi connectivity index (χ0) is 15.1. The van der Waals surface area contributed by atoms with Crippen LogP contribution in [0, 0.1) is 0 Å². The van der Waals surface area contributed by atoms with Gasteiger partial charge in [0.1, 0.15) is 0 Å². The number of rotatable bonds is 8. The Kier molecular flexibility index (Phi) is 6.82. The number of carbonyl (C=O) groups is 1. The molecule has 0 aliphatic carbocycles. The van der Waals surface area contributed by atoms with Crippen LogP contribution < -0.4 is 16.0 Å². The maximum atomic E-state index is 11.2. The van der Waals surface area contributed by atoms with Crippen molar-refractivity contribution < 1.29 is 4.79 Å². The van der Waals surface area contributed by atoms with Crippen molar-refractivity contribution in [2.24, 2.45) is 5.73 Å². The largest absolute Gasteiger partial charge is 0.368 e. The normalized spacial score (nSPS) is 10.8. The van der Waals surface area contributed by atoms with Gasteiger partial charge in [-0.25, -0.2) is 0 Å². The lowest BCUT2D eigenvalue weighted by molar-refractivity contribution is -0.116. The predicted molar refractivity (Wildman–Crippen MR) is 85.1 cm³/mol. The highest BCUT2D eigenvalue weighted by Crippen LogP contribution is 2.25. The van der Waals surface area contributed by atoms with E-state index in [0.717, 1.165) is 30.8 Å². The van der Waals surface area contributed by atoms with Gasteiger partial charge in [0, 0.05) is 23.3 Å². The monoisotopic (exact) mass is 297 g/mol. The van der Waals surface area contributed by atoms with Crippen molar-refractivity contribution in [2.75, 3.05) is 18.0 Å². The van der Waals surface area contributed by atoms with Crippen LogP contribution in [-0.2, 0) is 11.3 Å². The molecule has 0 fully saturated rings. The van der Waals surface area contributed by atoms with E-state index in [4.69, 9.17) is 17.3 Å². The Morgan fingerprint density at radius 3 is 2.65 bits per heavy atom. The number of benzene rings is 1. The molecule has 1 amide bonds. The van der Waals surface area contributed by atoms with Crippen LogP contribution in [0.1, 0.15) is 32.8 Å². The number of hydrogen-bond acceptors (Lipinski definition) is 3. The minimum atomic E-state index is -0.344. The van der Waals surface area contributed by atoms with Crippen LogP contribution in [0.25, 0.3) is 0 Å². The van der Waals surface area contributed by atoms with Crippen LogP contribution in [0.15, 0.2) is 18.2 Å². The molecule has 0 unspecified atom stereocenters. The number of primary amides is 1. The van der Waals surface area contributed by atoms with Gasteiger partial charge in [0.05, 0.1) is 6.54 Å². The third-order valence-electron chi connectivity index (χ3n) is 3.06. The molecule has 0 saturated carbocycles. The molecule has 0 aliphatic rings. The quantitative estimate of drug-likeness (QED) is 0.725. The summed E-state index contributed by atoms with van der Waals surface area (Å²) in [5, 5.41) is 4.03. The van der Waals surface area contributed by atoms with Crippen molar-refractivity contribution in [1.29, 1.82) is 0 Å². The highest BCUT2D eigenvalue weighted by atomic mass is 35.5. The van der Waals surface area contributed by atoms with Crippen molar-refractivity contribution in [3.63, 3.8) is 0 Å². The molecule has 0 aliphatic heterocycles. The second-order valence-electron chi connectivity index (χ2n) is 5.14. The van der Waals surface area contributed by atoms with Gasteiger partial charge in [-0.05, 0) is 44.5 Å². The fourth-order valence-corrected chi connectivity index (χ4v) is 2.24. The SMILES string of the molecule is CCCNCc1ccc(N(CC(N)=O)C(C)C)cc1Cl. The zero-order valence-corrected chi connectivity index (χ0v) is 13.2. The topological polar surface area (TPSA) is 58.4 Å². The van der Waals surface area contributed by atoms with Crippen LogP contribution >= 0.6 is 11.6 Å². The van der Waals surface area contributed by atoms with E-state index < -0.39 is 0 Å². The van der Waals surface area contributed by atoms with Crippen molar-refractivity contribution >= 4 is 23.2 Å². The lowest BCUT2D eigenvalue weighted by atomic mass is 10.1. The molecule has 0 bridgehead atoms. The summed E-state index contributed by atoms with van der Waals surface area (Å²) in [6, 6.07) is 6.06. The molecule has 0 spiro atoms. The van der Waals surface area contributed by atoms with Crippen LogP contribution in [0.2, 0.25) is 5.02 Å². The number of nitrogens with one attached hydrogen (secondary N) is 1. The molecule has 0 aromatic heterocycles. The first-order valence-corrected chi connectivity index (χ1v) is 7.37. The van der Waals surface area contributed by atoms with E-state index >= 15 is 0 Å². The van der Waals surface area contributed by atoms with Crippen molar-refractivity contribution in [1.82, 2.24) is 5.32 Å². The molecular formula is C15H24ClN3O. The summed E-state index contributed by atoms with van der Waals surface area (Å²) in [7, 11) is 0. The number of nitrogens with zero attached hydrogens (tertiary/aromatic N) is 1. The summed E-state index contributed by atoms with van der Waals surface area (Å²) >= 11 is 6.31. The van der Waals surface area contributed by atoms with Crippen LogP contribution in [-0.4, -0.2) is 25.0 Å². The molecule has 1 rings (SSSR count). The van der Waals surface area contributed by atoms with Gasteiger partial charge in [-0.2, -0.15) is 0 Å². The molecule has 1 aromatic rings. The molecule has 0 radical (unpaired) electrons. The summed E-state index contributed by atoms with van der Waals surface area (Å²) in [4.78, 5) is 13.1. The Balaban J connectivity index is 2.85. The van der Waals surface area contributed by atoms with E-state index in [-0.39, 0.29) is 18.5 Å². The lowest BCUT2D eigenvalue weighted by Crippen LogP contribution is -2.38. The van der Waals surface area contributed by atoms with E-state index in [2.05, 4.69) is 12.2 Å². The minimum Gasteiger partial charge on any atom is -0.368 e. The third kappa shape index (κ3) is 5.02. The summed E-state index contributed by atoms with van der Waals surface area (Å²) in [6.07, 6.45) is 1.09. The maximum Gasteiger partial charge on any atom is 0.236 e. The van der Waals surface area contributed by atoms with E-state index in [0.29, 0.717) is 5.02 Å². The second kappa shape index (κ2) is 8.12. The molecule has 5 heteroatoms. The van der Waals surface area contributed by atoms with Crippen LogP contribution in [0.4, 0.5) is 5.69 Å². The molecule has 0 heterocycles. The molecule has 20 heavy (non-hydrogen) atoms. The Bertz CT molecular complexity index is 449. The van der Waals surface area contributed by atoms with E-state index in [1.54, 1.807) is 0 Å². The Hall–Kier alpha value is -1.26. The molecule has 1 aromatic carbocycles. The van der Waals surface area contributed by atoms with Gasteiger partial charge < -0.3 is 16.0 Å². The fourth-order valence-electron chi connectivity index (χ4n) is 2.00. The average molecular weight is 298 g/mol. The first kappa shape index (κ1) is 16.8. The maximum absolute atomic E-state index is 11.2. The Morgan fingerprint density at radius 2 is 2.15 bits per heavy atom. The van der Waals surface area contributed by atoms with E-state index in [9.17, 15) is 4.79 Å².